The van der Waals surface area contributed by atoms with Gasteiger partial charge in [-0.25, -0.2) is 0 Å². The van der Waals surface area contributed by atoms with Crippen LogP contribution in [0.4, 0.5) is 11.4 Å². The fourth-order valence-corrected chi connectivity index (χ4v) is 3.67. The molecule has 2 atom stereocenters. The predicted octanol–water partition coefficient (Wildman–Crippen LogP) is 3.69. The van der Waals surface area contributed by atoms with Gasteiger partial charge in [0, 0.05) is 17.6 Å². The first-order valence-electron chi connectivity index (χ1n) is 6.57. The summed E-state index contributed by atoms with van der Waals surface area (Å²) in [5, 5.41) is 0.727. The first-order valence-corrected chi connectivity index (χ1v) is 6.95. The summed E-state index contributed by atoms with van der Waals surface area (Å²) in [6.07, 6.45) is 6.82. The summed E-state index contributed by atoms with van der Waals surface area (Å²) in [6, 6.07) is 6.61. The lowest BCUT2D eigenvalue weighted by molar-refractivity contribution is 0.342. The molecule has 1 aromatic rings. The van der Waals surface area contributed by atoms with Crippen molar-refractivity contribution in [3.63, 3.8) is 0 Å². The number of benzene rings is 1. The third-order valence-corrected chi connectivity index (χ3v) is 4.54. The van der Waals surface area contributed by atoms with E-state index in [2.05, 4.69) is 11.0 Å². The molecule has 3 rings (SSSR count). The molecule has 2 N–H and O–H groups in total. The van der Waals surface area contributed by atoms with Gasteiger partial charge in [0.2, 0.25) is 0 Å². The Morgan fingerprint density at radius 1 is 1.18 bits per heavy atom. The van der Waals surface area contributed by atoms with Crippen LogP contribution in [0.1, 0.15) is 32.1 Å². The van der Waals surface area contributed by atoms with Crippen molar-refractivity contribution >= 4 is 23.0 Å². The third-order valence-electron chi connectivity index (χ3n) is 4.31. The van der Waals surface area contributed by atoms with Crippen molar-refractivity contribution in [1.82, 2.24) is 0 Å². The number of anilines is 2. The number of rotatable bonds is 1. The summed E-state index contributed by atoms with van der Waals surface area (Å²) in [4.78, 5) is 2.51. The number of hydrogen-bond acceptors (Lipinski definition) is 2. The van der Waals surface area contributed by atoms with Crippen LogP contribution >= 0.6 is 11.6 Å². The van der Waals surface area contributed by atoms with Crippen molar-refractivity contribution in [3.05, 3.63) is 23.2 Å². The van der Waals surface area contributed by atoms with Crippen LogP contribution in [0.3, 0.4) is 0 Å². The predicted molar refractivity (Wildman–Crippen MR) is 73.6 cm³/mol. The van der Waals surface area contributed by atoms with E-state index in [0.29, 0.717) is 6.04 Å². The van der Waals surface area contributed by atoms with Crippen molar-refractivity contribution < 1.29 is 0 Å². The van der Waals surface area contributed by atoms with Gasteiger partial charge in [-0.3, -0.25) is 0 Å². The number of nitrogens with two attached hydrogens (primary N) is 1. The van der Waals surface area contributed by atoms with Crippen LogP contribution in [-0.4, -0.2) is 12.6 Å². The molecule has 0 amide bonds. The van der Waals surface area contributed by atoms with Crippen molar-refractivity contribution in [3.8, 4) is 0 Å². The van der Waals surface area contributed by atoms with Crippen LogP contribution in [0, 0.1) is 5.92 Å². The number of nitrogens with zero attached hydrogens (tertiary/aromatic N) is 1. The molecule has 0 spiro atoms. The highest BCUT2D eigenvalue weighted by Crippen LogP contribution is 2.40. The SMILES string of the molecule is Nc1cc(Cl)ccc1N1CCC2CCCCC21. The van der Waals surface area contributed by atoms with Crippen LogP contribution in [0.15, 0.2) is 18.2 Å². The Kier molecular flexibility index (Phi) is 2.91. The molecule has 1 saturated carbocycles. The maximum Gasteiger partial charge on any atom is 0.0603 e. The van der Waals surface area contributed by atoms with E-state index in [9.17, 15) is 0 Å². The summed E-state index contributed by atoms with van der Waals surface area (Å²) in [5.74, 6) is 0.888. The van der Waals surface area contributed by atoms with E-state index in [1.807, 2.05) is 12.1 Å². The topological polar surface area (TPSA) is 29.3 Å². The van der Waals surface area contributed by atoms with Gasteiger partial charge in [-0.2, -0.15) is 0 Å². The van der Waals surface area contributed by atoms with Crippen molar-refractivity contribution in [1.29, 1.82) is 0 Å². The van der Waals surface area contributed by atoms with Gasteiger partial charge in [0.15, 0.2) is 0 Å². The minimum atomic E-state index is 0.715. The second-order valence-corrected chi connectivity index (χ2v) is 5.73. The van der Waals surface area contributed by atoms with Gasteiger partial charge in [-0.1, -0.05) is 24.4 Å². The molecule has 2 fully saturated rings. The van der Waals surface area contributed by atoms with Crippen LogP contribution < -0.4 is 10.6 Å². The maximum atomic E-state index is 6.10. The van der Waals surface area contributed by atoms with Gasteiger partial charge in [0.25, 0.3) is 0 Å². The van der Waals surface area contributed by atoms with Gasteiger partial charge >= 0.3 is 0 Å². The molecule has 1 saturated heterocycles. The highest BCUT2D eigenvalue weighted by molar-refractivity contribution is 6.31. The second kappa shape index (κ2) is 4.41. The van der Waals surface area contributed by atoms with E-state index in [1.54, 1.807) is 0 Å². The lowest BCUT2D eigenvalue weighted by atomic mass is 9.85. The van der Waals surface area contributed by atoms with Gasteiger partial charge in [0.05, 0.1) is 11.4 Å². The lowest BCUT2D eigenvalue weighted by Crippen LogP contribution is -2.35. The number of nitrogen functional groups attached to an aromatic ring is 1. The zero-order valence-corrected chi connectivity index (χ0v) is 10.8. The first kappa shape index (κ1) is 11.2. The zero-order valence-electron chi connectivity index (χ0n) is 10.0. The molecule has 2 aliphatic rings. The number of hydrogen-bond donors (Lipinski definition) is 1. The highest BCUT2D eigenvalue weighted by atomic mass is 35.5. The zero-order chi connectivity index (χ0) is 11.8. The molecule has 2 unspecified atom stereocenters. The Labute approximate surface area is 108 Å². The third kappa shape index (κ3) is 1.99. The average molecular weight is 251 g/mol. The van der Waals surface area contributed by atoms with Gasteiger partial charge in [-0.15, -0.1) is 0 Å². The maximum absolute atomic E-state index is 6.10. The van der Waals surface area contributed by atoms with Gasteiger partial charge in [-0.05, 0) is 43.4 Å². The van der Waals surface area contributed by atoms with Crippen LogP contribution in [0.5, 0.6) is 0 Å². The molecule has 0 bridgehead atoms. The average Bonchev–Trinajstić information content (AvgIpc) is 2.73. The minimum Gasteiger partial charge on any atom is -0.397 e. The Balaban J connectivity index is 1.88. The molecule has 1 heterocycles. The van der Waals surface area contributed by atoms with E-state index in [4.69, 9.17) is 17.3 Å². The fraction of sp³-hybridized carbons (Fsp3) is 0.571. The van der Waals surface area contributed by atoms with Crippen molar-refractivity contribution in [2.45, 2.75) is 38.1 Å². The lowest BCUT2D eigenvalue weighted by Gasteiger charge is -2.33. The molecular weight excluding hydrogens is 232 g/mol. The molecule has 3 heteroatoms. The fourth-order valence-electron chi connectivity index (χ4n) is 3.49. The second-order valence-electron chi connectivity index (χ2n) is 5.30. The molecular formula is C14H19ClN2. The smallest absolute Gasteiger partial charge is 0.0603 e. The van der Waals surface area contributed by atoms with Crippen LogP contribution in [0.25, 0.3) is 0 Å². The Bertz CT molecular complexity index is 419. The number of halogens is 1. The molecule has 1 aromatic carbocycles. The van der Waals surface area contributed by atoms with E-state index >= 15 is 0 Å². The largest absolute Gasteiger partial charge is 0.397 e. The van der Waals surface area contributed by atoms with Crippen LogP contribution in [-0.2, 0) is 0 Å². The summed E-state index contributed by atoms with van der Waals surface area (Å²) in [7, 11) is 0. The quantitative estimate of drug-likeness (QED) is 0.771. The summed E-state index contributed by atoms with van der Waals surface area (Å²) in [6.45, 7) is 1.15. The normalized spacial score (nSPS) is 28.2. The van der Waals surface area contributed by atoms with Crippen molar-refractivity contribution in [2.24, 2.45) is 5.92 Å². The molecule has 92 valence electrons. The van der Waals surface area contributed by atoms with Crippen molar-refractivity contribution in [2.75, 3.05) is 17.2 Å². The molecule has 1 aliphatic carbocycles. The molecule has 17 heavy (non-hydrogen) atoms. The monoisotopic (exact) mass is 250 g/mol. The molecule has 0 radical (unpaired) electrons. The van der Waals surface area contributed by atoms with Gasteiger partial charge in [0.1, 0.15) is 0 Å². The first-order chi connectivity index (χ1) is 8.25. The van der Waals surface area contributed by atoms with E-state index in [-0.39, 0.29) is 0 Å². The van der Waals surface area contributed by atoms with E-state index in [1.165, 1.54) is 37.8 Å². The summed E-state index contributed by atoms with van der Waals surface area (Å²) >= 11 is 5.96. The highest BCUT2D eigenvalue weighted by Gasteiger charge is 2.36. The van der Waals surface area contributed by atoms with E-state index < -0.39 is 0 Å². The Morgan fingerprint density at radius 2 is 2.00 bits per heavy atom. The Hall–Kier alpha value is -0.890. The van der Waals surface area contributed by atoms with Gasteiger partial charge < -0.3 is 10.6 Å². The van der Waals surface area contributed by atoms with E-state index in [0.717, 1.165) is 23.2 Å². The molecule has 1 aliphatic heterocycles. The summed E-state index contributed by atoms with van der Waals surface area (Å²) in [5.41, 5.74) is 8.10. The minimum absolute atomic E-state index is 0.715. The number of fused-ring (bicyclic) bond motifs is 1. The summed E-state index contributed by atoms with van der Waals surface area (Å²) < 4.78 is 0. The Morgan fingerprint density at radius 3 is 2.82 bits per heavy atom. The standard InChI is InChI=1S/C14H19ClN2/c15-11-5-6-14(12(16)9-11)17-8-7-10-3-1-2-4-13(10)17/h5-6,9-10,13H,1-4,7-8,16H2. The van der Waals surface area contributed by atoms with Crippen LogP contribution in [0.2, 0.25) is 5.02 Å². The molecule has 2 nitrogen and oxygen atoms in total. The molecule has 0 aromatic heterocycles.